The zero-order valence-corrected chi connectivity index (χ0v) is 14.0. The summed E-state index contributed by atoms with van der Waals surface area (Å²) in [5, 5.41) is 4.97. The standard InChI is InChI=1S/C14H21N3O3S2/c18-13(16-9-6-15-7-10-16)5-8-17(12-3-4-12)22(19,20)14-2-1-11-21-14/h1-2,11-12,15H,3-10H2. The molecule has 2 aliphatic rings. The first-order valence-corrected chi connectivity index (χ1v) is 9.95. The van der Waals surface area contributed by atoms with Crippen LogP contribution < -0.4 is 5.32 Å². The van der Waals surface area contributed by atoms with E-state index in [-0.39, 0.29) is 24.9 Å². The lowest BCUT2D eigenvalue weighted by Gasteiger charge is -2.28. The van der Waals surface area contributed by atoms with Crippen LogP contribution in [0.3, 0.4) is 0 Å². The Morgan fingerprint density at radius 2 is 2.09 bits per heavy atom. The average Bonchev–Trinajstić information content (AvgIpc) is 3.19. The summed E-state index contributed by atoms with van der Waals surface area (Å²) in [6.07, 6.45) is 2.06. The Bertz CT molecular complexity index is 605. The number of hydrogen-bond donors (Lipinski definition) is 1. The van der Waals surface area contributed by atoms with E-state index in [9.17, 15) is 13.2 Å². The largest absolute Gasteiger partial charge is 0.340 e. The van der Waals surface area contributed by atoms with Crippen LogP contribution in [0.25, 0.3) is 0 Å². The van der Waals surface area contributed by atoms with Gasteiger partial charge in [0.25, 0.3) is 10.0 Å². The molecular weight excluding hydrogens is 322 g/mol. The van der Waals surface area contributed by atoms with Crippen LogP contribution in [0.4, 0.5) is 0 Å². The highest BCUT2D eigenvalue weighted by atomic mass is 32.2. The smallest absolute Gasteiger partial charge is 0.252 e. The average molecular weight is 343 g/mol. The van der Waals surface area contributed by atoms with Gasteiger partial charge in [0.05, 0.1) is 0 Å². The lowest BCUT2D eigenvalue weighted by atomic mass is 10.3. The number of carbonyl (C=O) groups excluding carboxylic acids is 1. The molecule has 1 amide bonds. The molecule has 1 saturated heterocycles. The number of nitrogens with zero attached hydrogens (tertiary/aromatic N) is 2. The van der Waals surface area contributed by atoms with Crippen molar-refractivity contribution in [3.05, 3.63) is 17.5 Å². The van der Waals surface area contributed by atoms with Gasteiger partial charge in [0.15, 0.2) is 0 Å². The van der Waals surface area contributed by atoms with E-state index in [2.05, 4.69) is 5.32 Å². The molecule has 8 heteroatoms. The van der Waals surface area contributed by atoms with E-state index >= 15 is 0 Å². The lowest BCUT2D eigenvalue weighted by Crippen LogP contribution is -2.47. The topological polar surface area (TPSA) is 69.7 Å². The van der Waals surface area contributed by atoms with Crippen LogP contribution in [0.1, 0.15) is 19.3 Å². The van der Waals surface area contributed by atoms with Crippen molar-refractivity contribution in [2.75, 3.05) is 32.7 Å². The molecular formula is C14H21N3O3S2. The van der Waals surface area contributed by atoms with Crippen molar-refractivity contribution in [2.45, 2.75) is 29.5 Å². The third-order valence-electron chi connectivity index (χ3n) is 4.03. The molecule has 0 unspecified atom stereocenters. The highest BCUT2D eigenvalue weighted by molar-refractivity contribution is 7.91. The first-order valence-electron chi connectivity index (χ1n) is 7.63. The summed E-state index contributed by atoms with van der Waals surface area (Å²) in [7, 11) is -3.45. The van der Waals surface area contributed by atoms with Crippen molar-refractivity contribution < 1.29 is 13.2 Å². The van der Waals surface area contributed by atoms with Gasteiger partial charge in [0.2, 0.25) is 5.91 Å². The maximum absolute atomic E-state index is 12.7. The predicted molar refractivity (Wildman–Crippen MR) is 85.3 cm³/mol. The van der Waals surface area contributed by atoms with Gasteiger partial charge in [-0.25, -0.2) is 8.42 Å². The summed E-state index contributed by atoms with van der Waals surface area (Å²) in [4.78, 5) is 14.1. The molecule has 1 saturated carbocycles. The molecule has 1 aromatic rings. The second-order valence-electron chi connectivity index (χ2n) is 5.66. The van der Waals surface area contributed by atoms with Crippen molar-refractivity contribution in [3.63, 3.8) is 0 Å². The van der Waals surface area contributed by atoms with E-state index < -0.39 is 10.0 Å². The number of piperazine rings is 1. The van der Waals surface area contributed by atoms with Crippen molar-refractivity contribution in [1.82, 2.24) is 14.5 Å². The summed E-state index contributed by atoms with van der Waals surface area (Å²) < 4.78 is 27.2. The lowest BCUT2D eigenvalue weighted by molar-refractivity contribution is -0.131. The molecule has 1 aromatic heterocycles. The van der Waals surface area contributed by atoms with E-state index in [4.69, 9.17) is 0 Å². The number of nitrogens with one attached hydrogen (secondary N) is 1. The second kappa shape index (κ2) is 6.66. The van der Waals surface area contributed by atoms with Gasteiger partial charge < -0.3 is 10.2 Å². The van der Waals surface area contributed by atoms with Crippen LogP contribution in [0.5, 0.6) is 0 Å². The fourth-order valence-electron chi connectivity index (χ4n) is 2.67. The highest BCUT2D eigenvalue weighted by Gasteiger charge is 2.38. The first-order chi connectivity index (χ1) is 10.6. The molecule has 1 aliphatic carbocycles. The fourth-order valence-corrected chi connectivity index (χ4v) is 5.47. The number of amides is 1. The SMILES string of the molecule is O=C(CCN(C1CC1)S(=O)(=O)c1cccs1)N1CCNCC1. The predicted octanol–water partition coefficient (Wildman–Crippen LogP) is 0.723. The van der Waals surface area contributed by atoms with Gasteiger partial charge in [-0.15, -0.1) is 11.3 Å². The monoisotopic (exact) mass is 343 g/mol. The number of carbonyl (C=O) groups is 1. The molecule has 0 spiro atoms. The Hall–Kier alpha value is -0.960. The quantitative estimate of drug-likeness (QED) is 0.826. The van der Waals surface area contributed by atoms with Crippen molar-refractivity contribution in [1.29, 1.82) is 0 Å². The Labute approximate surface area is 135 Å². The highest BCUT2D eigenvalue weighted by Crippen LogP contribution is 2.33. The van der Waals surface area contributed by atoms with Gasteiger partial charge >= 0.3 is 0 Å². The van der Waals surface area contributed by atoms with E-state index in [0.717, 1.165) is 25.9 Å². The summed E-state index contributed by atoms with van der Waals surface area (Å²) in [6.45, 7) is 3.32. The van der Waals surface area contributed by atoms with Gasteiger partial charge in [-0.05, 0) is 24.3 Å². The zero-order valence-electron chi connectivity index (χ0n) is 12.4. The van der Waals surface area contributed by atoms with E-state index in [1.807, 2.05) is 4.90 Å². The molecule has 0 aromatic carbocycles. The van der Waals surface area contributed by atoms with Gasteiger partial charge in [-0.3, -0.25) is 4.79 Å². The van der Waals surface area contributed by atoms with Crippen LogP contribution in [-0.4, -0.2) is 62.3 Å². The number of hydrogen-bond acceptors (Lipinski definition) is 5. The molecule has 2 fully saturated rings. The minimum atomic E-state index is -3.45. The van der Waals surface area contributed by atoms with Crippen molar-refractivity contribution in [2.24, 2.45) is 0 Å². The van der Waals surface area contributed by atoms with Crippen molar-refractivity contribution >= 4 is 27.3 Å². The van der Waals surface area contributed by atoms with Crippen LogP contribution >= 0.6 is 11.3 Å². The maximum atomic E-state index is 12.7. The first kappa shape index (κ1) is 15.9. The van der Waals surface area contributed by atoms with Gasteiger partial charge in [-0.2, -0.15) is 4.31 Å². The minimum absolute atomic E-state index is 0.0496. The zero-order chi connectivity index (χ0) is 15.6. The molecule has 22 heavy (non-hydrogen) atoms. The Kier molecular flexibility index (Phi) is 4.82. The second-order valence-corrected chi connectivity index (χ2v) is 8.72. The normalized spacial score (nSPS) is 19.6. The van der Waals surface area contributed by atoms with E-state index in [1.165, 1.54) is 15.6 Å². The molecule has 122 valence electrons. The number of sulfonamides is 1. The van der Waals surface area contributed by atoms with Crippen LogP contribution in [0.2, 0.25) is 0 Å². The van der Waals surface area contributed by atoms with Crippen molar-refractivity contribution in [3.8, 4) is 0 Å². The van der Waals surface area contributed by atoms with Crippen LogP contribution in [0, 0.1) is 0 Å². The molecule has 6 nitrogen and oxygen atoms in total. The summed E-state index contributed by atoms with van der Waals surface area (Å²) in [5.74, 6) is 0.0496. The molecule has 2 heterocycles. The van der Waals surface area contributed by atoms with E-state index in [0.29, 0.717) is 17.3 Å². The van der Waals surface area contributed by atoms with Gasteiger partial charge in [0, 0.05) is 45.2 Å². The molecule has 1 aliphatic heterocycles. The summed E-state index contributed by atoms with van der Waals surface area (Å²) in [6, 6.07) is 3.45. The Morgan fingerprint density at radius 1 is 1.36 bits per heavy atom. The number of thiophene rings is 1. The van der Waals surface area contributed by atoms with Crippen LogP contribution in [-0.2, 0) is 14.8 Å². The van der Waals surface area contributed by atoms with Gasteiger partial charge in [-0.1, -0.05) is 6.07 Å². The number of rotatable bonds is 6. The molecule has 0 radical (unpaired) electrons. The third kappa shape index (κ3) is 3.51. The van der Waals surface area contributed by atoms with Gasteiger partial charge in [0.1, 0.15) is 4.21 Å². The Morgan fingerprint density at radius 3 is 2.68 bits per heavy atom. The summed E-state index contributed by atoms with van der Waals surface area (Å²) in [5.41, 5.74) is 0. The van der Waals surface area contributed by atoms with E-state index in [1.54, 1.807) is 17.5 Å². The molecule has 0 bridgehead atoms. The fraction of sp³-hybridized carbons (Fsp3) is 0.643. The third-order valence-corrected chi connectivity index (χ3v) is 7.35. The molecule has 1 N–H and O–H groups in total. The summed E-state index contributed by atoms with van der Waals surface area (Å²) >= 11 is 1.23. The maximum Gasteiger partial charge on any atom is 0.252 e. The minimum Gasteiger partial charge on any atom is -0.340 e. The van der Waals surface area contributed by atoms with Crippen LogP contribution in [0.15, 0.2) is 21.7 Å². The Balaban J connectivity index is 1.64. The molecule has 3 rings (SSSR count). The molecule has 0 atom stereocenters.